The van der Waals surface area contributed by atoms with E-state index in [1.807, 2.05) is 46.0 Å². The average Bonchev–Trinajstić information content (AvgIpc) is 2.94. The Morgan fingerprint density at radius 1 is 1.11 bits per heavy atom. The Hall–Kier alpha value is -2.63. The van der Waals surface area contributed by atoms with Crippen LogP contribution in [0.1, 0.15) is 49.1 Å². The van der Waals surface area contributed by atoms with Gasteiger partial charge in [-0.15, -0.1) is 0 Å². The predicted molar refractivity (Wildman–Crippen MR) is 106 cm³/mol. The van der Waals surface area contributed by atoms with Crippen molar-refractivity contribution >= 4 is 11.8 Å². The molecule has 0 radical (unpaired) electrons. The first kappa shape index (κ1) is 18.7. The second-order valence-electron chi connectivity index (χ2n) is 7.85. The molecular formula is C22H28N4O2. The molecule has 2 amide bonds. The Morgan fingerprint density at radius 3 is 2.68 bits per heavy atom. The van der Waals surface area contributed by atoms with E-state index >= 15 is 0 Å². The molecule has 0 atom stereocenters. The van der Waals surface area contributed by atoms with E-state index in [9.17, 15) is 9.59 Å². The maximum Gasteiger partial charge on any atom is 0.226 e. The first-order valence-electron chi connectivity index (χ1n) is 10.3. The van der Waals surface area contributed by atoms with Crippen LogP contribution in [0, 0.1) is 5.92 Å². The van der Waals surface area contributed by atoms with Crippen LogP contribution in [0.2, 0.25) is 0 Å². The van der Waals surface area contributed by atoms with Crippen molar-refractivity contribution < 1.29 is 9.59 Å². The summed E-state index contributed by atoms with van der Waals surface area (Å²) in [4.78, 5) is 26.7. The van der Waals surface area contributed by atoms with E-state index in [1.165, 1.54) is 12.0 Å². The molecule has 1 aromatic carbocycles. The standard InChI is InChI=1S/C22H28N4O2/c27-21(11-10-17-6-2-1-3-7-17)23-15-19-14-20-16-25(12-5-13-26(20)24-19)22(28)18-8-4-9-18/h1-3,6-7,14,18H,4-5,8-13,15-16H2,(H,23,27). The number of aryl methyl sites for hydroxylation is 2. The number of amides is 2. The molecule has 6 nitrogen and oxygen atoms in total. The summed E-state index contributed by atoms with van der Waals surface area (Å²) in [6.07, 6.45) is 5.39. The second-order valence-corrected chi connectivity index (χ2v) is 7.85. The summed E-state index contributed by atoms with van der Waals surface area (Å²) in [6.45, 7) is 2.70. The van der Waals surface area contributed by atoms with Crippen LogP contribution in [0.5, 0.6) is 0 Å². The molecule has 1 aromatic heterocycles. The van der Waals surface area contributed by atoms with E-state index in [0.717, 1.165) is 50.2 Å². The van der Waals surface area contributed by atoms with Gasteiger partial charge < -0.3 is 10.2 Å². The van der Waals surface area contributed by atoms with Crippen LogP contribution in [0.3, 0.4) is 0 Å². The van der Waals surface area contributed by atoms with Gasteiger partial charge in [0.2, 0.25) is 11.8 Å². The zero-order valence-electron chi connectivity index (χ0n) is 16.3. The Morgan fingerprint density at radius 2 is 1.93 bits per heavy atom. The van der Waals surface area contributed by atoms with Gasteiger partial charge in [0, 0.05) is 25.4 Å². The lowest BCUT2D eigenvalue weighted by atomic mass is 9.84. The molecule has 2 heterocycles. The summed E-state index contributed by atoms with van der Waals surface area (Å²) in [6, 6.07) is 12.1. The van der Waals surface area contributed by atoms with Crippen LogP contribution in [0.15, 0.2) is 36.4 Å². The van der Waals surface area contributed by atoms with Gasteiger partial charge in [-0.25, -0.2) is 0 Å². The van der Waals surface area contributed by atoms with Crippen molar-refractivity contribution in [3.8, 4) is 0 Å². The Labute approximate surface area is 165 Å². The Bertz CT molecular complexity index is 826. The fourth-order valence-electron chi connectivity index (χ4n) is 3.89. The third-order valence-electron chi connectivity index (χ3n) is 5.78. The van der Waals surface area contributed by atoms with Crippen molar-refractivity contribution in [3.05, 3.63) is 53.3 Å². The summed E-state index contributed by atoms with van der Waals surface area (Å²) in [7, 11) is 0. The van der Waals surface area contributed by atoms with E-state index in [-0.39, 0.29) is 11.8 Å². The van der Waals surface area contributed by atoms with Gasteiger partial charge in [0.05, 0.1) is 24.5 Å². The molecule has 0 spiro atoms. The lowest BCUT2D eigenvalue weighted by Crippen LogP contribution is -2.38. The highest BCUT2D eigenvalue weighted by Crippen LogP contribution is 2.29. The molecule has 2 aliphatic rings. The number of carbonyl (C=O) groups excluding carboxylic acids is 2. The van der Waals surface area contributed by atoms with Gasteiger partial charge in [0.15, 0.2) is 0 Å². The average molecular weight is 380 g/mol. The van der Waals surface area contributed by atoms with Gasteiger partial charge in [-0.2, -0.15) is 5.10 Å². The maximum atomic E-state index is 12.6. The van der Waals surface area contributed by atoms with Crippen LogP contribution < -0.4 is 5.32 Å². The summed E-state index contributed by atoms with van der Waals surface area (Å²) < 4.78 is 2.00. The monoisotopic (exact) mass is 380 g/mol. The van der Waals surface area contributed by atoms with Crippen LogP contribution in [-0.2, 0) is 35.6 Å². The predicted octanol–water partition coefficient (Wildman–Crippen LogP) is 2.66. The number of benzene rings is 1. The number of aromatic nitrogens is 2. The molecule has 1 saturated carbocycles. The van der Waals surface area contributed by atoms with Crippen molar-refractivity contribution in [3.63, 3.8) is 0 Å². The van der Waals surface area contributed by atoms with E-state index < -0.39 is 0 Å². The SMILES string of the molecule is O=C(CCc1ccccc1)NCc1cc2n(n1)CCCN(C(=O)C1CCC1)C2. The minimum absolute atomic E-state index is 0.0360. The fraction of sp³-hybridized carbons (Fsp3) is 0.500. The van der Waals surface area contributed by atoms with Crippen LogP contribution in [0.25, 0.3) is 0 Å². The molecule has 6 heteroatoms. The quantitative estimate of drug-likeness (QED) is 0.838. The van der Waals surface area contributed by atoms with Gasteiger partial charge >= 0.3 is 0 Å². The van der Waals surface area contributed by atoms with Gasteiger partial charge in [-0.1, -0.05) is 36.8 Å². The normalized spacial score (nSPS) is 16.8. The van der Waals surface area contributed by atoms with E-state index in [4.69, 9.17) is 0 Å². The smallest absolute Gasteiger partial charge is 0.226 e. The van der Waals surface area contributed by atoms with Crippen molar-refractivity contribution in [2.75, 3.05) is 6.54 Å². The first-order valence-corrected chi connectivity index (χ1v) is 10.3. The lowest BCUT2D eigenvalue weighted by Gasteiger charge is -2.30. The number of fused-ring (bicyclic) bond motifs is 1. The number of hydrogen-bond donors (Lipinski definition) is 1. The zero-order valence-corrected chi connectivity index (χ0v) is 16.3. The molecule has 1 N–H and O–H groups in total. The van der Waals surface area contributed by atoms with Crippen LogP contribution in [-0.4, -0.2) is 33.0 Å². The highest BCUT2D eigenvalue weighted by atomic mass is 16.2. The minimum Gasteiger partial charge on any atom is -0.350 e. The largest absolute Gasteiger partial charge is 0.350 e. The molecule has 0 unspecified atom stereocenters. The number of rotatable bonds is 6. The third kappa shape index (κ3) is 4.43. The van der Waals surface area contributed by atoms with Gasteiger partial charge in [0.1, 0.15) is 0 Å². The molecule has 1 aliphatic heterocycles. The molecular weight excluding hydrogens is 352 g/mol. The van der Waals surface area contributed by atoms with Gasteiger partial charge in [-0.05, 0) is 37.3 Å². The van der Waals surface area contributed by atoms with Crippen molar-refractivity contribution in [2.45, 2.75) is 58.2 Å². The summed E-state index contributed by atoms with van der Waals surface area (Å²) >= 11 is 0. The molecule has 4 rings (SSSR count). The molecule has 2 aromatic rings. The first-order chi connectivity index (χ1) is 13.7. The Kier molecular flexibility index (Phi) is 5.74. The number of nitrogens with one attached hydrogen (secondary N) is 1. The highest BCUT2D eigenvalue weighted by molar-refractivity contribution is 5.79. The maximum absolute atomic E-state index is 12.6. The van der Waals surface area contributed by atoms with Crippen molar-refractivity contribution in [1.29, 1.82) is 0 Å². The van der Waals surface area contributed by atoms with Gasteiger partial charge in [-0.3, -0.25) is 14.3 Å². The Balaban J connectivity index is 1.29. The van der Waals surface area contributed by atoms with E-state index in [0.29, 0.717) is 25.4 Å². The van der Waals surface area contributed by atoms with Crippen molar-refractivity contribution in [1.82, 2.24) is 20.0 Å². The number of hydrogen-bond acceptors (Lipinski definition) is 3. The lowest BCUT2D eigenvalue weighted by molar-refractivity contribution is -0.138. The number of carbonyl (C=O) groups is 2. The molecule has 28 heavy (non-hydrogen) atoms. The van der Waals surface area contributed by atoms with E-state index in [2.05, 4.69) is 10.4 Å². The molecule has 148 valence electrons. The third-order valence-corrected chi connectivity index (χ3v) is 5.78. The highest BCUT2D eigenvalue weighted by Gasteiger charge is 2.30. The summed E-state index contributed by atoms with van der Waals surface area (Å²) in [5, 5.41) is 7.61. The second kappa shape index (κ2) is 8.59. The van der Waals surface area contributed by atoms with E-state index in [1.54, 1.807) is 0 Å². The van der Waals surface area contributed by atoms with Crippen LogP contribution >= 0.6 is 0 Å². The zero-order chi connectivity index (χ0) is 19.3. The fourth-order valence-corrected chi connectivity index (χ4v) is 3.89. The topological polar surface area (TPSA) is 67.2 Å². The molecule has 1 aliphatic carbocycles. The van der Waals surface area contributed by atoms with Crippen LogP contribution in [0.4, 0.5) is 0 Å². The van der Waals surface area contributed by atoms with Gasteiger partial charge in [0.25, 0.3) is 0 Å². The molecule has 0 bridgehead atoms. The minimum atomic E-state index is 0.0360. The molecule has 1 fully saturated rings. The van der Waals surface area contributed by atoms with Crippen molar-refractivity contribution in [2.24, 2.45) is 5.92 Å². The summed E-state index contributed by atoms with van der Waals surface area (Å²) in [5.74, 6) is 0.573. The summed E-state index contributed by atoms with van der Waals surface area (Å²) in [5.41, 5.74) is 3.10. The molecule has 0 saturated heterocycles. The number of nitrogens with zero attached hydrogens (tertiary/aromatic N) is 3.